The number of nitrogens with one attached hydrogen (secondary N) is 1. The summed E-state index contributed by atoms with van der Waals surface area (Å²) in [6, 6.07) is 4.40. The third-order valence-electron chi connectivity index (χ3n) is 6.94. The molecule has 4 rings (SSSR count). The highest BCUT2D eigenvalue weighted by Crippen LogP contribution is 2.23. The van der Waals surface area contributed by atoms with Crippen LogP contribution in [-0.2, 0) is 11.8 Å². The lowest BCUT2D eigenvalue weighted by atomic mass is 10.0. The van der Waals surface area contributed by atoms with Gasteiger partial charge in [-0.2, -0.15) is 0 Å². The Morgan fingerprint density at radius 3 is 2.19 bits per heavy atom. The second-order valence-electron chi connectivity index (χ2n) is 9.82. The molecule has 1 aromatic carbocycles. The zero-order valence-corrected chi connectivity index (χ0v) is 21.8. The number of anilines is 1. The number of hydrogen-bond acceptors (Lipinski definition) is 5. The molecule has 1 atom stereocenters. The Labute approximate surface area is 209 Å². The van der Waals surface area contributed by atoms with E-state index in [4.69, 9.17) is 0 Å². The highest BCUT2D eigenvalue weighted by atomic mass is 16.2. The predicted octanol–water partition coefficient (Wildman–Crippen LogP) is 3.15. The maximum atomic E-state index is 13.8. The van der Waals surface area contributed by atoms with Gasteiger partial charge in [0.2, 0.25) is 5.91 Å². The number of likely N-dealkylation sites (tertiary alicyclic amines) is 1. The van der Waals surface area contributed by atoms with Gasteiger partial charge in [0.05, 0.1) is 10.9 Å². The van der Waals surface area contributed by atoms with E-state index in [9.17, 15) is 19.2 Å². The summed E-state index contributed by atoms with van der Waals surface area (Å²) in [6.07, 6.45) is 2.88. The number of nitrogens with zero attached hydrogens (tertiary/aromatic N) is 4. The monoisotopic (exact) mass is 491 g/mol. The maximum absolute atomic E-state index is 13.8. The van der Waals surface area contributed by atoms with Crippen LogP contribution in [0.15, 0.2) is 27.8 Å². The second-order valence-corrected chi connectivity index (χ2v) is 9.82. The Morgan fingerprint density at radius 1 is 0.972 bits per heavy atom. The largest absolute Gasteiger partial charge is 0.339 e. The lowest BCUT2D eigenvalue weighted by Gasteiger charge is -2.27. The van der Waals surface area contributed by atoms with Crippen molar-refractivity contribution in [1.82, 2.24) is 19.0 Å². The summed E-state index contributed by atoms with van der Waals surface area (Å²) in [7, 11) is 1.50. The van der Waals surface area contributed by atoms with Gasteiger partial charge in [0, 0.05) is 31.5 Å². The standard InChI is InChI=1S/C27H33N5O4/c1-15-12-16(2)22(17(3)13-15)29-24(33)19(5)32-26(35)21-20(25(34)31-10-8-7-9-11-31)14-18(4)28-23(21)30(6)27(32)36/h12-14,19H,7-11H2,1-6H3,(H,29,33). The first-order valence-corrected chi connectivity index (χ1v) is 12.3. The second kappa shape index (κ2) is 9.72. The SMILES string of the molecule is Cc1cc(C)c(NC(=O)C(C)n2c(=O)c3c(C(=O)N4CCCCC4)cc(C)nc3n(C)c2=O)c(C)c1. The van der Waals surface area contributed by atoms with Crippen molar-refractivity contribution in [2.24, 2.45) is 7.05 Å². The van der Waals surface area contributed by atoms with Gasteiger partial charge < -0.3 is 10.2 Å². The number of hydrogen-bond donors (Lipinski definition) is 1. The van der Waals surface area contributed by atoms with E-state index in [1.54, 1.807) is 17.9 Å². The molecule has 1 N–H and O–H groups in total. The van der Waals surface area contributed by atoms with Crippen molar-refractivity contribution in [2.45, 2.75) is 59.9 Å². The van der Waals surface area contributed by atoms with Gasteiger partial charge in [0.1, 0.15) is 11.7 Å². The summed E-state index contributed by atoms with van der Waals surface area (Å²) in [5.41, 5.74) is 3.03. The Kier molecular flexibility index (Phi) is 6.84. The van der Waals surface area contributed by atoms with Crippen molar-refractivity contribution in [3.63, 3.8) is 0 Å². The van der Waals surface area contributed by atoms with Gasteiger partial charge in [0.15, 0.2) is 0 Å². The minimum absolute atomic E-state index is 0.0561. The van der Waals surface area contributed by atoms with Crippen molar-refractivity contribution in [3.05, 3.63) is 67.0 Å². The number of fused-ring (bicyclic) bond motifs is 1. The number of aromatic nitrogens is 3. The number of amides is 2. The number of carbonyl (C=O) groups is 2. The Hall–Kier alpha value is -3.75. The van der Waals surface area contributed by atoms with Crippen LogP contribution in [0.2, 0.25) is 0 Å². The smallest absolute Gasteiger partial charge is 0.333 e. The number of benzene rings is 1. The Balaban J connectivity index is 1.84. The molecule has 3 aromatic rings. The van der Waals surface area contributed by atoms with E-state index in [1.807, 2.05) is 32.9 Å². The van der Waals surface area contributed by atoms with Crippen LogP contribution in [0.3, 0.4) is 0 Å². The number of carbonyl (C=O) groups excluding carboxylic acids is 2. The molecule has 1 aliphatic rings. The quantitative estimate of drug-likeness (QED) is 0.604. The zero-order valence-electron chi connectivity index (χ0n) is 21.8. The summed E-state index contributed by atoms with van der Waals surface area (Å²) in [4.78, 5) is 59.9. The number of rotatable bonds is 4. The lowest BCUT2D eigenvalue weighted by molar-refractivity contribution is -0.119. The average Bonchev–Trinajstić information content (AvgIpc) is 2.84. The fraction of sp³-hybridized carbons (Fsp3) is 0.444. The van der Waals surface area contributed by atoms with E-state index in [1.165, 1.54) is 18.5 Å². The molecular formula is C27H33N5O4. The molecule has 36 heavy (non-hydrogen) atoms. The molecule has 9 nitrogen and oxygen atoms in total. The molecule has 1 aliphatic heterocycles. The van der Waals surface area contributed by atoms with Gasteiger partial charge in [-0.1, -0.05) is 17.7 Å². The minimum Gasteiger partial charge on any atom is -0.339 e. The number of pyridine rings is 1. The van der Waals surface area contributed by atoms with E-state index in [0.29, 0.717) is 24.5 Å². The van der Waals surface area contributed by atoms with Crippen LogP contribution in [-0.4, -0.2) is 43.9 Å². The van der Waals surface area contributed by atoms with E-state index in [-0.39, 0.29) is 22.5 Å². The molecule has 3 heterocycles. The van der Waals surface area contributed by atoms with E-state index >= 15 is 0 Å². The van der Waals surface area contributed by atoms with Gasteiger partial charge in [-0.05, 0) is 71.1 Å². The van der Waals surface area contributed by atoms with Crippen LogP contribution < -0.4 is 16.6 Å². The van der Waals surface area contributed by atoms with Crippen LogP contribution >= 0.6 is 0 Å². The summed E-state index contributed by atoms with van der Waals surface area (Å²) < 4.78 is 2.16. The predicted molar refractivity (Wildman–Crippen MR) is 140 cm³/mol. The average molecular weight is 492 g/mol. The van der Waals surface area contributed by atoms with Crippen LogP contribution in [0.25, 0.3) is 11.0 Å². The summed E-state index contributed by atoms with van der Waals surface area (Å²) >= 11 is 0. The van der Waals surface area contributed by atoms with Gasteiger partial charge in [-0.3, -0.25) is 19.0 Å². The molecule has 2 aromatic heterocycles. The van der Waals surface area contributed by atoms with Crippen molar-refractivity contribution >= 4 is 28.5 Å². The topological polar surface area (TPSA) is 106 Å². The molecule has 0 spiro atoms. The Morgan fingerprint density at radius 2 is 1.58 bits per heavy atom. The first-order valence-electron chi connectivity index (χ1n) is 12.3. The van der Waals surface area contributed by atoms with Gasteiger partial charge in [0.25, 0.3) is 11.5 Å². The molecule has 9 heteroatoms. The normalized spacial score (nSPS) is 14.7. The van der Waals surface area contributed by atoms with Crippen molar-refractivity contribution in [3.8, 4) is 0 Å². The Bertz CT molecular complexity index is 1470. The van der Waals surface area contributed by atoms with Crippen molar-refractivity contribution < 1.29 is 9.59 Å². The molecule has 1 saturated heterocycles. The third kappa shape index (κ3) is 4.45. The van der Waals surface area contributed by atoms with Crippen LogP contribution in [0.5, 0.6) is 0 Å². The molecule has 1 unspecified atom stereocenters. The van der Waals surface area contributed by atoms with Gasteiger partial charge in [-0.15, -0.1) is 0 Å². The van der Waals surface area contributed by atoms with Gasteiger partial charge in [-0.25, -0.2) is 14.3 Å². The first-order chi connectivity index (χ1) is 17.0. The highest BCUT2D eigenvalue weighted by molar-refractivity contribution is 6.05. The maximum Gasteiger partial charge on any atom is 0.333 e. The van der Waals surface area contributed by atoms with Crippen LogP contribution in [0.4, 0.5) is 5.69 Å². The molecular weight excluding hydrogens is 458 g/mol. The highest BCUT2D eigenvalue weighted by Gasteiger charge is 2.28. The minimum atomic E-state index is -1.11. The van der Waals surface area contributed by atoms with E-state index in [0.717, 1.165) is 40.5 Å². The molecule has 190 valence electrons. The van der Waals surface area contributed by atoms with Crippen molar-refractivity contribution in [2.75, 3.05) is 18.4 Å². The molecule has 1 fully saturated rings. The molecule has 0 aliphatic carbocycles. The fourth-order valence-electron chi connectivity index (χ4n) is 5.07. The van der Waals surface area contributed by atoms with Crippen molar-refractivity contribution in [1.29, 1.82) is 0 Å². The molecule has 0 radical (unpaired) electrons. The first kappa shape index (κ1) is 25.3. The van der Waals surface area contributed by atoms with Crippen LogP contribution in [0, 0.1) is 27.7 Å². The molecule has 2 amide bonds. The van der Waals surface area contributed by atoms with E-state index in [2.05, 4.69) is 10.3 Å². The summed E-state index contributed by atoms with van der Waals surface area (Å²) in [5, 5.41) is 2.94. The van der Waals surface area contributed by atoms with E-state index < -0.39 is 23.2 Å². The zero-order chi connectivity index (χ0) is 26.3. The summed E-state index contributed by atoms with van der Waals surface area (Å²) in [5.74, 6) is -0.747. The molecule has 0 saturated carbocycles. The van der Waals surface area contributed by atoms with Gasteiger partial charge >= 0.3 is 5.69 Å². The lowest BCUT2D eigenvalue weighted by Crippen LogP contribution is -2.45. The number of aryl methyl sites for hydroxylation is 5. The number of piperidine rings is 1. The fourth-order valence-corrected chi connectivity index (χ4v) is 5.07. The van der Waals surface area contributed by atoms with Crippen LogP contribution in [0.1, 0.15) is 65.0 Å². The third-order valence-corrected chi connectivity index (χ3v) is 6.94. The summed E-state index contributed by atoms with van der Waals surface area (Å²) in [6.45, 7) is 10.2. The molecule has 0 bridgehead atoms.